The summed E-state index contributed by atoms with van der Waals surface area (Å²) in [6.45, 7) is 0.835. The molecule has 0 radical (unpaired) electrons. The van der Waals surface area contributed by atoms with Gasteiger partial charge in [-0.25, -0.2) is 0 Å². The second kappa shape index (κ2) is 6.66. The number of hydrogen-bond acceptors (Lipinski definition) is 4. The van der Waals surface area contributed by atoms with E-state index in [1.807, 2.05) is 78.8 Å². The van der Waals surface area contributed by atoms with E-state index in [0.29, 0.717) is 0 Å². The summed E-state index contributed by atoms with van der Waals surface area (Å²) >= 11 is 0. The van der Waals surface area contributed by atoms with Gasteiger partial charge < -0.3 is 10.2 Å². The van der Waals surface area contributed by atoms with E-state index in [4.69, 9.17) is 0 Å². The highest BCUT2D eigenvalue weighted by molar-refractivity contribution is 5.61. The van der Waals surface area contributed by atoms with Crippen molar-refractivity contribution < 1.29 is 0 Å². The van der Waals surface area contributed by atoms with Crippen LogP contribution in [0.5, 0.6) is 0 Å². The molecular formula is C18H17N4+. The summed E-state index contributed by atoms with van der Waals surface area (Å²) in [4.78, 5) is 2.03. The van der Waals surface area contributed by atoms with Crippen molar-refractivity contribution in [1.29, 1.82) is 0 Å². The van der Waals surface area contributed by atoms with E-state index in [1.165, 1.54) is 0 Å². The van der Waals surface area contributed by atoms with Gasteiger partial charge in [0, 0.05) is 18.4 Å². The first-order valence-corrected chi connectivity index (χ1v) is 7.14. The molecule has 108 valence electrons. The third-order valence-electron chi connectivity index (χ3n) is 3.21. The van der Waals surface area contributed by atoms with Crippen LogP contribution in [-0.2, 0) is 0 Å². The molecule has 0 bridgehead atoms. The standard InChI is InChI=1S/C18H17N4/c1-22-13-11-18(12-14-22)21-20-17-9-7-16(8-10-17)19-15-5-3-2-4-6-15/h2-11,14,19H,13H2,1H3/q+1. The Balaban J connectivity index is 1.63. The molecule has 0 amide bonds. The molecule has 0 aliphatic carbocycles. The molecule has 1 N–H and O–H groups in total. The summed E-state index contributed by atoms with van der Waals surface area (Å²) in [5.41, 5.74) is 3.67. The average Bonchev–Trinajstić information content (AvgIpc) is 2.57. The molecule has 0 fully saturated rings. The fraction of sp³-hybridized carbons (Fsp3) is 0.111. The third kappa shape index (κ3) is 3.78. The lowest BCUT2D eigenvalue weighted by Crippen LogP contribution is -2.13. The maximum atomic E-state index is 4.23. The molecule has 4 nitrogen and oxygen atoms in total. The maximum Gasteiger partial charge on any atom is 0.304 e. The summed E-state index contributed by atoms with van der Waals surface area (Å²) in [5, 5.41) is 11.8. The van der Waals surface area contributed by atoms with E-state index in [2.05, 4.69) is 21.6 Å². The van der Waals surface area contributed by atoms with Crippen LogP contribution in [0.1, 0.15) is 0 Å². The van der Waals surface area contributed by atoms with E-state index in [1.54, 1.807) is 0 Å². The van der Waals surface area contributed by atoms with Gasteiger partial charge in [-0.3, -0.25) is 0 Å². The predicted octanol–water partition coefficient (Wildman–Crippen LogP) is 4.66. The Hall–Kier alpha value is -2.97. The monoisotopic (exact) mass is 289 g/mol. The largest absolute Gasteiger partial charge is 0.356 e. The second-order valence-electron chi connectivity index (χ2n) is 5.04. The number of nitrogens with zero attached hydrogens (tertiary/aromatic N) is 3. The maximum absolute atomic E-state index is 4.23. The van der Waals surface area contributed by atoms with E-state index in [-0.39, 0.29) is 0 Å². The summed E-state index contributed by atoms with van der Waals surface area (Å²) in [7, 11) is 2.00. The molecule has 2 aromatic carbocycles. The lowest BCUT2D eigenvalue weighted by molar-refractivity contribution is 0.499. The molecule has 0 unspecified atom stereocenters. The number of rotatable bonds is 4. The van der Waals surface area contributed by atoms with Gasteiger partial charge in [0.15, 0.2) is 6.20 Å². The number of benzene rings is 2. The highest BCUT2D eigenvalue weighted by atomic mass is 15.1. The number of nitrogens with one attached hydrogen (secondary N) is 1. The van der Waals surface area contributed by atoms with E-state index < -0.39 is 0 Å². The second-order valence-corrected chi connectivity index (χ2v) is 5.04. The molecule has 3 rings (SSSR count). The molecule has 2 aromatic rings. The van der Waals surface area contributed by atoms with E-state index in [0.717, 1.165) is 29.3 Å². The van der Waals surface area contributed by atoms with Gasteiger partial charge in [-0.1, -0.05) is 23.3 Å². The Labute approximate surface area is 130 Å². The zero-order valence-electron chi connectivity index (χ0n) is 12.4. The lowest BCUT2D eigenvalue weighted by atomic mass is 10.2. The predicted molar refractivity (Wildman–Crippen MR) is 89.2 cm³/mol. The number of allylic oxidation sites excluding steroid dienone is 1. The lowest BCUT2D eigenvalue weighted by Gasteiger charge is -2.06. The molecule has 0 aromatic heterocycles. The van der Waals surface area contributed by atoms with E-state index >= 15 is 0 Å². The first kappa shape index (κ1) is 14.0. The Bertz CT molecular complexity index is 700. The molecular weight excluding hydrogens is 272 g/mol. The minimum atomic E-state index is 0.768. The Morgan fingerprint density at radius 3 is 2.36 bits per heavy atom. The number of anilines is 2. The molecule has 1 heterocycles. The molecule has 22 heavy (non-hydrogen) atoms. The van der Waals surface area contributed by atoms with Crippen LogP contribution in [0, 0.1) is 6.08 Å². The van der Waals surface area contributed by atoms with Crippen LogP contribution < -0.4 is 5.32 Å². The van der Waals surface area contributed by atoms with Gasteiger partial charge in [0.05, 0.1) is 11.8 Å². The van der Waals surface area contributed by atoms with Crippen molar-refractivity contribution in [3.63, 3.8) is 0 Å². The van der Waals surface area contributed by atoms with Crippen LogP contribution >= 0.6 is 0 Å². The van der Waals surface area contributed by atoms with Crippen molar-refractivity contribution in [2.45, 2.75) is 0 Å². The van der Waals surface area contributed by atoms with Crippen LogP contribution in [0.25, 0.3) is 0 Å². The smallest absolute Gasteiger partial charge is 0.304 e. The molecule has 1 aliphatic heterocycles. The number of likely N-dealkylation sites (N-methyl/N-ethyl adjacent to an activating group) is 1. The van der Waals surface area contributed by atoms with Gasteiger partial charge in [0.1, 0.15) is 12.6 Å². The van der Waals surface area contributed by atoms with Crippen LogP contribution in [0.4, 0.5) is 17.1 Å². The molecule has 0 saturated heterocycles. The third-order valence-corrected chi connectivity index (χ3v) is 3.21. The Kier molecular flexibility index (Phi) is 4.23. The van der Waals surface area contributed by atoms with Gasteiger partial charge in [-0.2, -0.15) is 0 Å². The minimum absolute atomic E-state index is 0.768. The zero-order valence-corrected chi connectivity index (χ0v) is 12.4. The van der Waals surface area contributed by atoms with Crippen molar-refractivity contribution >= 4 is 17.1 Å². The summed E-state index contributed by atoms with van der Waals surface area (Å²) in [6, 6.07) is 17.9. The molecule has 0 atom stereocenters. The van der Waals surface area contributed by atoms with Crippen LogP contribution in [-0.4, -0.2) is 18.5 Å². The first-order chi connectivity index (χ1) is 10.8. The van der Waals surface area contributed by atoms with Crippen molar-refractivity contribution in [1.82, 2.24) is 4.90 Å². The van der Waals surface area contributed by atoms with Gasteiger partial charge >= 0.3 is 5.70 Å². The molecule has 1 aliphatic rings. The van der Waals surface area contributed by atoms with Crippen LogP contribution in [0.15, 0.2) is 82.8 Å². The summed E-state index contributed by atoms with van der Waals surface area (Å²) in [5.74, 6) is 0. The Morgan fingerprint density at radius 2 is 1.68 bits per heavy atom. The van der Waals surface area contributed by atoms with Crippen LogP contribution in [0.3, 0.4) is 0 Å². The molecule has 4 heteroatoms. The molecule has 0 saturated carbocycles. The number of azo groups is 1. The highest BCUT2D eigenvalue weighted by Gasteiger charge is 2.10. The van der Waals surface area contributed by atoms with Gasteiger partial charge in [-0.05, 0) is 36.4 Å². The normalized spacial score (nSPS) is 13.9. The summed E-state index contributed by atoms with van der Waals surface area (Å²) < 4.78 is 0. The van der Waals surface area contributed by atoms with Crippen molar-refractivity contribution in [2.24, 2.45) is 10.2 Å². The SMILES string of the molecule is CN1C=[C+]C(N=Nc2ccc(Nc3ccccc3)cc2)=CC1. The molecule has 0 spiro atoms. The number of hydrogen-bond donors (Lipinski definition) is 1. The van der Waals surface area contributed by atoms with Crippen LogP contribution in [0.2, 0.25) is 0 Å². The van der Waals surface area contributed by atoms with Gasteiger partial charge in [-0.15, -0.1) is 5.11 Å². The average molecular weight is 289 g/mol. The van der Waals surface area contributed by atoms with Crippen molar-refractivity contribution in [3.05, 3.63) is 78.6 Å². The van der Waals surface area contributed by atoms with Crippen molar-refractivity contribution in [2.75, 3.05) is 18.9 Å². The van der Waals surface area contributed by atoms with Gasteiger partial charge in [0.2, 0.25) is 0 Å². The van der Waals surface area contributed by atoms with E-state index in [9.17, 15) is 0 Å². The van der Waals surface area contributed by atoms with Crippen molar-refractivity contribution in [3.8, 4) is 0 Å². The fourth-order valence-electron chi connectivity index (χ4n) is 2.00. The highest BCUT2D eigenvalue weighted by Crippen LogP contribution is 2.21. The topological polar surface area (TPSA) is 40.0 Å². The van der Waals surface area contributed by atoms with Gasteiger partial charge in [0.25, 0.3) is 0 Å². The fourth-order valence-corrected chi connectivity index (χ4v) is 2.00. The quantitative estimate of drug-likeness (QED) is 0.657. The zero-order chi connectivity index (χ0) is 15.2. The summed E-state index contributed by atoms with van der Waals surface area (Å²) in [6.07, 6.45) is 6.94. The number of para-hydroxylation sites is 1. The Morgan fingerprint density at radius 1 is 0.955 bits per heavy atom. The minimum Gasteiger partial charge on any atom is -0.356 e. The first-order valence-electron chi connectivity index (χ1n) is 7.14.